The molecule has 0 saturated heterocycles. The molecule has 48 valence electrons. The lowest BCUT2D eigenvalue weighted by atomic mass is 10.4. The third kappa shape index (κ3) is 20.3. The third-order valence-electron chi connectivity index (χ3n) is 0.471. The van der Waals surface area contributed by atoms with Crippen LogP contribution in [0.25, 0.3) is 0 Å². The van der Waals surface area contributed by atoms with Crippen molar-refractivity contribution in [2.24, 2.45) is 11.5 Å². The molecular weight excluding hydrogens is 179 g/mol. The minimum Gasteiger partial charge on any atom is -0.316 e. The normalized spacial score (nSPS) is 6.86. The van der Waals surface area contributed by atoms with Gasteiger partial charge in [-0.15, -0.1) is 29.4 Å². The molecule has 0 aromatic carbocycles. The van der Waals surface area contributed by atoms with Crippen LogP contribution in [0.5, 0.6) is 0 Å². The Morgan fingerprint density at radius 3 is 1.57 bits per heavy atom. The van der Waals surface area contributed by atoms with Gasteiger partial charge >= 0.3 is 0 Å². The first-order chi connectivity index (χ1) is 2.27. The molecule has 0 fully saturated rings. The van der Waals surface area contributed by atoms with Gasteiger partial charge in [-0.3, -0.25) is 0 Å². The molecule has 0 radical (unpaired) electrons. The first-order valence-corrected chi connectivity index (χ1v) is 1.78. The largest absolute Gasteiger partial charge is 0.316 e. The van der Waals surface area contributed by atoms with Crippen molar-refractivity contribution in [1.29, 1.82) is 0 Å². The van der Waals surface area contributed by atoms with Gasteiger partial charge in [0.05, 0.1) is 6.17 Å². The molecule has 0 unspecified atom stereocenters. The van der Waals surface area contributed by atoms with Crippen molar-refractivity contribution < 1.29 is 0 Å². The Labute approximate surface area is 60.8 Å². The minimum atomic E-state index is -0.116. The van der Waals surface area contributed by atoms with Crippen molar-refractivity contribution >= 4 is 29.4 Å². The van der Waals surface area contributed by atoms with E-state index in [9.17, 15) is 0 Å². The zero-order chi connectivity index (χ0) is 4.28. The minimum absolute atomic E-state index is 0. The molecule has 2 nitrogen and oxygen atoms in total. The maximum atomic E-state index is 5.07. The molecule has 4 N–H and O–H groups in total. The van der Waals surface area contributed by atoms with E-state index in [1.807, 2.05) is 6.92 Å². The highest BCUT2D eigenvalue weighted by atomic mass is 79.9. The molecular formula is C3H12BrClN2. The van der Waals surface area contributed by atoms with E-state index in [2.05, 4.69) is 0 Å². The summed E-state index contributed by atoms with van der Waals surface area (Å²) in [5.74, 6) is 0. The first kappa shape index (κ1) is 15.6. The Balaban J connectivity index is -0.0000000800. The average molecular weight is 191 g/mol. The maximum absolute atomic E-state index is 5.07. The molecule has 0 bridgehead atoms. The van der Waals surface area contributed by atoms with Crippen molar-refractivity contribution in [3.63, 3.8) is 0 Å². The highest BCUT2D eigenvalue weighted by Crippen LogP contribution is 1.68. The summed E-state index contributed by atoms with van der Waals surface area (Å²) in [7, 11) is 0. The second-order valence-corrected chi connectivity index (χ2v) is 1.07. The predicted octanol–water partition coefficient (Wildman–Crippen LogP) is 0.640. The maximum Gasteiger partial charge on any atom is 0.0518 e. The second-order valence-electron chi connectivity index (χ2n) is 1.07. The molecule has 0 aromatic rings. The van der Waals surface area contributed by atoms with Gasteiger partial charge in [0.2, 0.25) is 0 Å². The number of hydrogen-bond acceptors (Lipinski definition) is 2. The standard InChI is InChI=1S/C3H10N2.BrH.ClH/c1-2-3(4)5;;/h3H,2,4-5H2,1H3;2*1H. The number of rotatable bonds is 1. The van der Waals surface area contributed by atoms with Crippen LogP contribution in [0.1, 0.15) is 13.3 Å². The van der Waals surface area contributed by atoms with E-state index in [0.717, 1.165) is 6.42 Å². The average Bonchev–Trinajstić information content (AvgIpc) is 1.38. The quantitative estimate of drug-likeness (QED) is 0.598. The summed E-state index contributed by atoms with van der Waals surface area (Å²) in [6.45, 7) is 1.95. The van der Waals surface area contributed by atoms with Crippen LogP contribution < -0.4 is 11.5 Å². The van der Waals surface area contributed by atoms with Gasteiger partial charge in [-0.2, -0.15) is 0 Å². The fraction of sp³-hybridized carbons (Fsp3) is 1.00. The topological polar surface area (TPSA) is 52.0 Å². The van der Waals surface area contributed by atoms with Gasteiger partial charge in [-0.1, -0.05) is 6.92 Å². The molecule has 7 heavy (non-hydrogen) atoms. The van der Waals surface area contributed by atoms with Crippen LogP contribution in [0.2, 0.25) is 0 Å². The molecule has 0 saturated carbocycles. The van der Waals surface area contributed by atoms with E-state index < -0.39 is 0 Å². The van der Waals surface area contributed by atoms with Crippen molar-refractivity contribution in [3.8, 4) is 0 Å². The molecule has 0 heterocycles. The van der Waals surface area contributed by atoms with Gasteiger partial charge < -0.3 is 11.5 Å². The molecule has 0 aliphatic carbocycles. The van der Waals surface area contributed by atoms with Crippen LogP contribution in [0.3, 0.4) is 0 Å². The van der Waals surface area contributed by atoms with Gasteiger partial charge in [0.1, 0.15) is 0 Å². The third-order valence-corrected chi connectivity index (χ3v) is 0.471. The van der Waals surface area contributed by atoms with E-state index in [1.54, 1.807) is 0 Å². The smallest absolute Gasteiger partial charge is 0.0518 e. The zero-order valence-electron chi connectivity index (χ0n) is 4.26. The van der Waals surface area contributed by atoms with Gasteiger partial charge in [-0.25, -0.2) is 0 Å². The number of halogens is 2. The van der Waals surface area contributed by atoms with Crippen LogP contribution in [0.15, 0.2) is 0 Å². The molecule has 4 heteroatoms. The summed E-state index contributed by atoms with van der Waals surface area (Å²) < 4.78 is 0. The number of nitrogens with two attached hydrogens (primary N) is 2. The lowest BCUT2D eigenvalue weighted by Crippen LogP contribution is -2.28. The Hall–Kier alpha value is 0.690. The lowest BCUT2D eigenvalue weighted by molar-refractivity contribution is 0.682. The van der Waals surface area contributed by atoms with E-state index >= 15 is 0 Å². The van der Waals surface area contributed by atoms with Crippen molar-refractivity contribution in [3.05, 3.63) is 0 Å². The van der Waals surface area contributed by atoms with E-state index in [0.29, 0.717) is 0 Å². The van der Waals surface area contributed by atoms with E-state index in [-0.39, 0.29) is 35.6 Å². The summed E-state index contributed by atoms with van der Waals surface area (Å²) in [5, 5.41) is 0. The highest BCUT2D eigenvalue weighted by molar-refractivity contribution is 8.93. The first-order valence-electron chi connectivity index (χ1n) is 1.78. The Morgan fingerprint density at radius 1 is 1.43 bits per heavy atom. The van der Waals surface area contributed by atoms with Crippen LogP contribution in [-0.4, -0.2) is 6.17 Å². The molecule has 0 atom stereocenters. The summed E-state index contributed by atoms with van der Waals surface area (Å²) >= 11 is 0. The Morgan fingerprint density at radius 2 is 1.57 bits per heavy atom. The van der Waals surface area contributed by atoms with Crippen molar-refractivity contribution in [2.45, 2.75) is 19.5 Å². The van der Waals surface area contributed by atoms with Crippen LogP contribution >= 0.6 is 29.4 Å². The molecule has 0 rings (SSSR count). The van der Waals surface area contributed by atoms with Gasteiger partial charge in [0.15, 0.2) is 0 Å². The summed E-state index contributed by atoms with van der Waals surface area (Å²) in [6.07, 6.45) is 0.745. The zero-order valence-corrected chi connectivity index (χ0v) is 6.79. The SMILES string of the molecule is Br.CCC(N)N.Cl. The highest BCUT2D eigenvalue weighted by Gasteiger charge is 1.79. The summed E-state index contributed by atoms with van der Waals surface area (Å²) in [6, 6.07) is 0. The Bertz CT molecular complexity index is 26.9. The lowest BCUT2D eigenvalue weighted by Gasteiger charge is -1.92. The van der Waals surface area contributed by atoms with Gasteiger partial charge in [0, 0.05) is 0 Å². The monoisotopic (exact) mass is 190 g/mol. The van der Waals surface area contributed by atoms with Crippen LogP contribution in [0, 0.1) is 0 Å². The molecule has 0 aliphatic heterocycles. The van der Waals surface area contributed by atoms with Gasteiger partial charge in [-0.05, 0) is 6.42 Å². The summed E-state index contributed by atoms with van der Waals surface area (Å²) in [4.78, 5) is 0. The molecule has 0 amide bonds. The van der Waals surface area contributed by atoms with Crippen molar-refractivity contribution in [1.82, 2.24) is 0 Å². The van der Waals surface area contributed by atoms with Crippen LogP contribution in [-0.2, 0) is 0 Å². The fourth-order valence-electron chi connectivity index (χ4n) is 0. The molecule has 0 aromatic heterocycles. The van der Waals surface area contributed by atoms with Crippen molar-refractivity contribution in [2.75, 3.05) is 0 Å². The number of hydrogen-bond donors (Lipinski definition) is 2. The fourth-order valence-corrected chi connectivity index (χ4v) is 0. The van der Waals surface area contributed by atoms with Gasteiger partial charge in [0.25, 0.3) is 0 Å². The van der Waals surface area contributed by atoms with E-state index in [1.165, 1.54) is 0 Å². The van der Waals surface area contributed by atoms with Crippen LogP contribution in [0.4, 0.5) is 0 Å². The van der Waals surface area contributed by atoms with E-state index in [4.69, 9.17) is 11.5 Å². The molecule has 0 spiro atoms. The Kier molecular flexibility index (Phi) is 22.0. The molecule has 0 aliphatic rings. The second kappa shape index (κ2) is 9.85. The summed E-state index contributed by atoms with van der Waals surface area (Å²) in [5.41, 5.74) is 10.1. The predicted molar refractivity (Wildman–Crippen MR) is 40.0 cm³/mol.